The number of hydrogen-bond acceptors (Lipinski definition) is 3. The maximum atomic E-state index is 12.4. The molecule has 2 N–H and O–H groups in total. The van der Waals surface area contributed by atoms with Gasteiger partial charge in [-0.15, -0.1) is 0 Å². The number of carbonyl (C=O) groups is 1. The van der Waals surface area contributed by atoms with E-state index in [0.29, 0.717) is 16.4 Å². The molecule has 0 radical (unpaired) electrons. The number of amides is 1. The molecule has 26 heavy (non-hydrogen) atoms. The number of nitrogens with zero attached hydrogens (tertiary/aromatic N) is 2. The normalized spacial score (nSPS) is 11.0. The van der Waals surface area contributed by atoms with E-state index in [2.05, 4.69) is 5.32 Å². The largest absolute Gasteiger partial charge is 0.508 e. The van der Waals surface area contributed by atoms with E-state index in [1.54, 1.807) is 71.4 Å². The predicted molar refractivity (Wildman–Crippen MR) is 101 cm³/mol. The molecule has 0 aliphatic carbocycles. The summed E-state index contributed by atoms with van der Waals surface area (Å²) in [4.78, 5) is 12.4. The minimum atomic E-state index is -0.543. The molecule has 1 aromatic heterocycles. The number of aromatic nitrogens is 1. The number of hydrogen-bond donors (Lipinski definition) is 2. The van der Waals surface area contributed by atoms with Gasteiger partial charge in [0.05, 0.1) is 10.7 Å². The number of carbonyl (C=O) groups excluding carboxylic acids is 1. The number of nitriles is 1. The third-order valence-corrected chi connectivity index (χ3v) is 4.02. The van der Waals surface area contributed by atoms with Crippen LogP contribution in [-0.2, 0) is 4.79 Å². The van der Waals surface area contributed by atoms with E-state index in [0.717, 1.165) is 5.69 Å². The number of halogens is 1. The first-order valence-corrected chi connectivity index (χ1v) is 8.11. The van der Waals surface area contributed by atoms with Crippen LogP contribution in [0.15, 0.2) is 72.4 Å². The lowest BCUT2D eigenvalue weighted by Crippen LogP contribution is -2.14. The van der Waals surface area contributed by atoms with Gasteiger partial charge in [0.25, 0.3) is 5.91 Å². The fourth-order valence-corrected chi connectivity index (χ4v) is 2.59. The topological polar surface area (TPSA) is 78.1 Å². The highest BCUT2D eigenvalue weighted by atomic mass is 35.5. The lowest BCUT2D eigenvalue weighted by molar-refractivity contribution is -0.112. The molecule has 1 amide bonds. The van der Waals surface area contributed by atoms with Gasteiger partial charge in [-0.2, -0.15) is 5.26 Å². The van der Waals surface area contributed by atoms with Crippen LogP contribution in [-0.4, -0.2) is 15.6 Å². The molecule has 1 heterocycles. The minimum absolute atomic E-state index is 0.0522. The van der Waals surface area contributed by atoms with Crippen molar-refractivity contribution in [3.05, 3.63) is 83.2 Å². The number of phenols is 1. The van der Waals surface area contributed by atoms with Crippen molar-refractivity contribution in [1.82, 2.24) is 4.57 Å². The summed E-state index contributed by atoms with van der Waals surface area (Å²) in [6, 6.07) is 18.9. The van der Waals surface area contributed by atoms with Crippen LogP contribution in [0.25, 0.3) is 11.8 Å². The Morgan fingerprint density at radius 2 is 1.85 bits per heavy atom. The maximum absolute atomic E-state index is 12.4. The molecule has 5 nitrogen and oxygen atoms in total. The summed E-state index contributed by atoms with van der Waals surface area (Å²) in [5.74, 6) is -0.381. The molecule has 0 saturated carbocycles. The van der Waals surface area contributed by atoms with Crippen LogP contribution < -0.4 is 5.32 Å². The average molecular weight is 364 g/mol. The van der Waals surface area contributed by atoms with Crippen LogP contribution in [0.3, 0.4) is 0 Å². The predicted octanol–water partition coefficient (Wildman–Crippen LogP) is 4.38. The first-order chi connectivity index (χ1) is 12.6. The van der Waals surface area contributed by atoms with Crippen LogP contribution in [0.5, 0.6) is 5.75 Å². The second kappa shape index (κ2) is 7.60. The van der Waals surface area contributed by atoms with Crippen molar-refractivity contribution < 1.29 is 9.90 Å². The molecule has 0 fully saturated rings. The minimum Gasteiger partial charge on any atom is -0.508 e. The van der Waals surface area contributed by atoms with Crippen molar-refractivity contribution in [2.24, 2.45) is 0 Å². The van der Waals surface area contributed by atoms with Gasteiger partial charge < -0.3 is 15.0 Å². The van der Waals surface area contributed by atoms with E-state index in [4.69, 9.17) is 11.6 Å². The molecule has 0 bridgehead atoms. The fraction of sp³-hybridized carbons (Fsp3) is 0. The van der Waals surface area contributed by atoms with Gasteiger partial charge >= 0.3 is 0 Å². The zero-order valence-electron chi connectivity index (χ0n) is 13.6. The quantitative estimate of drug-likeness (QED) is 0.533. The summed E-state index contributed by atoms with van der Waals surface area (Å²) in [7, 11) is 0. The standard InChI is InChI=1S/C20H14ClN3O2/c21-18-5-1-2-6-19(18)23-20(26)14(13-22)12-16-4-3-11-24(16)15-7-9-17(25)10-8-15/h1-12,25H,(H,23,26)/b14-12+. The SMILES string of the molecule is N#C/C(=C\c1cccn1-c1ccc(O)cc1)C(=O)Nc1ccccc1Cl. The van der Waals surface area contributed by atoms with Crippen LogP contribution in [0.2, 0.25) is 5.02 Å². The zero-order chi connectivity index (χ0) is 18.5. The lowest BCUT2D eigenvalue weighted by Gasteiger charge is -2.08. The molecule has 2 aromatic carbocycles. The summed E-state index contributed by atoms with van der Waals surface area (Å²) in [5, 5.41) is 21.8. The molecule has 0 saturated heterocycles. The number of phenolic OH excluding ortho intramolecular Hbond substituents is 1. The first kappa shape index (κ1) is 17.3. The van der Waals surface area contributed by atoms with Crippen molar-refractivity contribution in [3.8, 4) is 17.5 Å². The fourth-order valence-electron chi connectivity index (χ4n) is 2.41. The van der Waals surface area contributed by atoms with Crippen molar-refractivity contribution in [1.29, 1.82) is 5.26 Å². The molecular weight excluding hydrogens is 350 g/mol. The second-order valence-electron chi connectivity index (χ2n) is 5.42. The highest BCUT2D eigenvalue weighted by Gasteiger charge is 2.12. The van der Waals surface area contributed by atoms with Gasteiger partial charge in [-0.1, -0.05) is 23.7 Å². The molecule has 0 atom stereocenters. The molecular formula is C20H14ClN3O2. The summed E-state index contributed by atoms with van der Waals surface area (Å²) >= 11 is 6.04. The summed E-state index contributed by atoms with van der Waals surface area (Å²) in [6.07, 6.45) is 3.30. The van der Waals surface area contributed by atoms with E-state index in [9.17, 15) is 15.2 Å². The Morgan fingerprint density at radius 1 is 1.12 bits per heavy atom. The molecule has 6 heteroatoms. The smallest absolute Gasteiger partial charge is 0.266 e. The monoisotopic (exact) mass is 363 g/mol. The van der Waals surface area contributed by atoms with Crippen molar-refractivity contribution >= 4 is 29.3 Å². The van der Waals surface area contributed by atoms with E-state index < -0.39 is 5.91 Å². The van der Waals surface area contributed by atoms with Gasteiger partial charge in [-0.3, -0.25) is 4.79 Å². The Hall–Kier alpha value is -3.49. The van der Waals surface area contributed by atoms with E-state index in [1.165, 1.54) is 6.08 Å². The van der Waals surface area contributed by atoms with Crippen molar-refractivity contribution in [2.45, 2.75) is 0 Å². The van der Waals surface area contributed by atoms with Crippen molar-refractivity contribution in [3.63, 3.8) is 0 Å². The van der Waals surface area contributed by atoms with Gasteiger partial charge in [0.2, 0.25) is 0 Å². The van der Waals surface area contributed by atoms with Crippen LogP contribution in [0, 0.1) is 11.3 Å². The molecule has 128 valence electrons. The zero-order valence-corrected chi connectivity index (χ0v) is 14.3. The van der Waals surface area contributed by atoms with Crippen LogP contribution in [0.4, 0.5) is 5.69 Å². The highest BCUT2D eigenvalue weighted by molar-refractivity contribution is 6.34. The molecule has 0 aliphatic heterocycles. The second-order valence-corrected chi connectivity index (χ2v) is 5.83. The highest BCUT2D eigenvalue weighted by Crippen LogP contribution is 2.22. The number of aromatic hydroxyl groups is 1. The third kappa shape index (κ3) is 3.77. The number of benzene rings is 2. The average Bonchev–Trinajstić information content (AvgIpc) is 3.10. The molecule has 0 aliphatic rings. The Morgan fingerprint density at radius 3 is 2.54 bits per heavy atom. The third-order valence-electron chi connectivity index (χ3n) is 3.69. The number of para-hydroxylation sites is 1. The molecule has 0 unspecified atom stereocenters. The summed E-state index contributed by atoms with van der Waals surface area (Å²) in [5.41, 5.74) is 1.84. The number of anilines is 1. The van der Waals surface area contributed by atoms with Crippen molar-refractivity contribution in [2.75, 3.05) is 5.32 Å². The van der Waals surface area contributed by atoms with E-state index in [-0.39, 0.29) is 11.3 Å². The molecule has 3 aromatic rings. The van der Waals surface area contributed by atoms with Gasteiger partial charge in [-0.05, 0) is 54.6 Å². The Bertz CT molecular complexity index is 1010. The first-order valence-electron chi connectivity index (χ1n) is 7.73. The van der Waals surface area contributed by atoms with Crippen LogP contribution >= 0.6 is 11.6 Å². The van der Waals surface area contributed by atoms with E-state index in [1.807, 2.05) is 6.07 Å². The molecule has 0 spiro atoms. The van der Waals surface area contributed by atoms with Gasteiger partial charge in [0.1, 0.15) is 17.4 Å². The Balaban J connectivity index is 1.90. The lowest BCUT2D eigenvalue weighted by atomic mass is 10.2. The Labute approximate surface area is 155 Å². The summed E-state index contributed by atoms with van der Waals surface area (Å²) < 4.78 is 1.81. The number of nitrogens with one attached hydrogen (secondary N) is 1. The maximum Gasteiger partial charge on any atom is 0.266 e. The van der Waals surface area contributed by atoms with E-state index >= 15 is 0 Å². The number of rotatable bonds is 4. The molecule has 3 rings (SSSR count). The van der Waals surface area contributed by atoms with Gasteiger partial charge in [0.15, 0.2) is 0 Å². The van der Waals surface area contributed by atoms with Gasteiger partial charge in [0, 0.05) is 17.6 Å². The van der Waals surface area contributed by atoms with Crippen LogP contribution in [0.1, 0.15) is 5.69 Å². The Kier molecular flexibility index (Phi) is 5.07. The summed E-state index contributed by atoms with van der Waals surface area (Å²) in [6.45, 7) is 0. The van der Waals surface area contributed by atoms with Gasteiger partial charge in [-0.25, -0.2) is 0 Å².